The molecule has 0 aliphatic carbocycles. The third kappa shape index (κ3) is 3.30. The third-order valence-corrected chi connectivity index (χ3v) is 4.93. The predicted octanol–water partition coefficient (Wildman–Crippen LogP) is 4.12. The molecule has 4 aromatic rings. The van der Waals surface area contributed by atoms with Crippen molar-refractivity contribution in [1.82, 2.24) is 9.97 Å². The number of hydrogen-bond donors (Lipinski definition) is 0. The second-order valence-electron chi connectivity index (χ2n) is 5.97. The first kappa shape index (κ1) is 15.9. The van der Waals surface area contributed by atoms with Crippen molar-refractivity contribution in [3.05, 3.63) is 72.1 Å². The van der Waals surface area contributed by atoms with Crippen molar-refractivity contribution >= 4 is 37.7 Å². The summed E-state index contributed by atoms with van der Waals surface area (Å²) in [6.07, 6.45) is 0. The minimum Gasteiger partial charge on any atom is -0.613 e. The second-order valence-corrected chi connectivity index (χ2v) is 6.78. The molecule has 0 saturated heterocycles. The first-order valence-corrected chi connectivity index (χ1v) is 9.34. The molecule has 0 saturated carbocycles. The Bertz CT molecular complexity index is 981. The number of rotatable bonds is 4. The average Bonchev–Trinajstić information content (AvgIpc) is 2.62. The van der Waals surface area contributed by atoms with Crippen LogP contribution in [0.3, 0.4) is 0 Å². The Hall–Kier alpha value is -2.61. The number of para-hydroxylation sites is 2. The number of fused-ring (bicyclic) bond motifs is 2. The van der Waals surface area contributed by atoms with Crippen molar-refractivity contribution in [2.45, 2.75) is 13.8 Å². The van der Waals surface area contributed by atoms with E-state index in [9.17, 15) is 0 Å². The van der Waals surface area contributed by atoms with Gasteiger partial charge in [0.1, 0.15) is 22.5 Å². The second kappa shape index (κ2) is 6.72. The van der Waals surface area contributed by atoms with Gasteiger partial charge in [-0.3, -0.25) is 0 Å². The molecule has 0 unspecified atom stereocenters. The lowest BCUT2D eigenvalue weighted by Gasteiger charge is -2.12. The number of aryl methyl sites for hydroxylation is 2. The highest BCUT2D eigenvalue weighted by molar-refractivity contribution is 6.21. The first-order chi connectivity index (χ1) is 12.2. The highest BCUT2D eigenvalue weighted by Gasteiger charge is 2.11. The van der Waals surface area contributed by atoms with E-state index in [0.717, 1.165) is 44.7 Å². The van der Waals surface area contributed by atoms with Crippen LogP contribution in [0, 0.1) is 13.8 Å². The fourth-order valence-electron chi connectivity index (χ4n) is 2.82. The molecular formula is C20H17AlN2O2. The van der Waals surface area contributed by atoms with Gasteiger partial charge in [0, 0.05) is 22.2 Å². The molecule has 2 heterocycles. The average molecular weight is 344 g/mol. The van der Waals surface area contributed by atoms with Crippen molar-refractivity contribution in [2.24, 2.45) is 0 Å². The van der Waals surface area contributed by atoms with E-state index < -0.39 is 15.9 Å². The quantitative estimate of drug-likeness (QED) is 0.522. The number of aromatic nitrogens is 2. The molecular weight excluding hydrogens is 327 g/mol. The van der Waals surface area contributed by atoms with E-state index in [1.165, 1.54) is 0 Å². The first-order valence-electron chi connectivity index (χ1n) is 8.19. The Morgan fingerprint density at radius 1 is 0.640 bits per heavy atom. The molecule has 2 aromatic carbocycles. The lowest BCUT2D eigenvalue weighted by atomic mass is 10.2. The van der Waals surface area contributed by atoms with Crippen molar-refractivity contribution in [1.29, 1.82) is 0 Å². The molecule has 0 amide bonds. The molecule has 0 radical (unpaired) electrons. The van der Waals surface area contributed by atoms with Gasteiger partial charge in [-0.2, -0.15) is 0 Å². The normalized spacial score (nSPS) is 10.8. The summed E-state index contributed by atoms with van der Waals surface area (Å²) in [5.74, 6) is 1.55. The van der Waals surface area contributed by atoms with Gasteiger partial charge in [0.2, 0.25) is 0 Å². The Balaban J connectivity index is 1.57. The summed E-state index contributed by atoms with van der Waals surface area (Å²) >= 11 is -1.27. The van der Waals surface area contributed by atoms with E-state index in [4.69, 9.17) is 7.58 Å². The van der Waals surface area contributed by atoms with Crippen LogP contribution >= 0.6 is 0 Å². The Labute approximate surface area is 152 Å². The molecule has 4 nitrogen and oxygen atoms in total. The summed E-state index contributed by atoms with van der Waals surface area (Å²) in [6.45, 7) is 3.96. The van der Waals surface area contributed by atoms with Crippen molar-refractivity contribution in [2.75, 3.05) is 0 Å². The lowest BCUT2D eigenvalue weighted by molar-refractivity contribution is 0.463. The van der Waals surface area contributed by atoms with Crippen LogP contribution in [0.5, 0.6) is 11.5 Å². The van der Waals surface area contributed by atoms with Gasteiger partial charge in [-0.1, -0.05) is 36.4 Å². The van der Waals surface area contributed by atoms with E-state index >= 15 is 0 Å². The fraction of sp³-hybridized carbons (Fsp3) is 0.100. The largest absolute Gasteiger partial charge is 0.832 e. The number of hydrogen-bond acceptors (Lipinski definition) is 4. The summed E-state index contributed by atoms with van der Waals surface area (Å²) in [6, 6.07) is 20.0. The van der Waals surface area contributed by atoms with Gasteiger partial charge < -0.3 is 7.58 Å². The smallest absolute Gasteiger partial charge is 0.613 e. The zero-order chi connectivity index (χ0) is 17.2. The van der Waals surface area contributed by atoms with Crippen LogP contribution in [-0.4, -0.2) is 25.9 Å². The summed E-state index contributed by atoms with van der Waals surface area (Å²) in [4.78, 5) is 9.18. The van der Waals surface area contributed by atoms with Crippen molar-refractivity contribution in [3.63, 3.8) is 0 Å². The topological polar surface area (TPSA) is 44.2 Å². The summed E-state index contributed by atoms with van der Waals surface area (Å²) < 4.78 is 12.0. The fourth-order valence-corrected chi connectivity index (χ4v) is 3.60. The molecule has 0 spiro atoms. The maximum atomic E-state index is 5.98. The van der Waals surface area contributed by atoms with E-state index in [2.05, 4.69) is 22.1 Å². The van der Waals surface area contributed by atoms with E-state index in [1.54, 1.807) is 0 Å². The molecule has 2 aromatic heterocycles. The predicted molar refractivity (Wildman–Crippen MR) is 101 cm³/mol. The maximum Gasteiger partial charge on any atom is 0.832 e. The van der Waals surface area contributed by atoms with Crippen LogP contribution in [0.4, 0.5) is 0 Å². The summed E-state index contributed by atoms with van der Waals surface area (Å²) in [5, 5.41) is 2.14. The van der Waals surface area contributed by atoms with Crippen molar-refractivity contribution in [3.8, 4) is 11.5 Å². The molecule has 0 aliphatic heterocycles. The Kier molecular flexibility index (Phi) is 4.27. The number of nitrogens with zero attached hydrogens (tertiary/aromatic N) is 2. The highest BCUT2D eigenvalue weighted by atomic mass is 27.2. The van der Waals surface area contributed by atoms with Gasteiger partial charge in [0.05, 0.1) is 0 Å². The van der Waals surface area contributed by atoms with E-state index in [0.29, 0.717) is 0 Å². The minimum atomic E-state index is -1.27. The number of benzene rings is 2. The zero-order valence-electron chi connectivity index (χ0n) is 14.2. The van der Waals surface area contributed by atoms with Crippen LogP contribution in [0.15, 0.2) is 60.7 Å². The molecule has 5 heteroatoms. The van der Waals surface area contributed by atoms with Gasteiger partial charge in [0.15, 0.2) is 0 Å². The third-order valence-electron chi connectivity index (χ3n) is 4.07. The molecule has 0 fully saturated rings. The lowest BCUT2D eigenvalue weighted by Crippen LogP contribution is -2.12. The van der Waals surface area contributed by atoms with Crippen LogP contribution in [0.2, 0.25) is 0 Å². The molecule has 25 heavy (non-hydrogen) atoms. The Morgan fingerprint density at radius 3 is 1.60 bits per heavy atom. The van der Waals surface area contributed by atoms with Gasteiger partial charge in [0.25, 0.3) is 0 Å². The monoisotopic (exact) mass is 344 g/mol. The van der Waals surface area contributed by atoms with Crippen LogP contribution in [-0.2, 0) is 0 Å². The van der Waals surface area contributed by atoms with Gasteiger partial charge in [-0.15, -0.1) is 0 Å². The molecule has 0 bridgehead atoms. The summed E-state index contributed by atoms with van der Waals surface area (Å²) in [5.41, 5.74) is 3.70. The zero-order valence-corrected chi connectivity index (χ0v) is 15.6. The molecule has 0 atom stereocenters. The minimum absolute atomic E-state index is 0.775. The van der Waals surface area contributed by atoms with Crippen LogP contribution < -0.4 is 7.58 Å². The van der Waals surface area contributed by atoms with Gasteiger partial charge in [-0.25, -0.2) is 9.97 Å². The van der Waals surface area contributed by atoms with E-state index in [-0.39, 0.29) is 0 Å². The molecule has 122 valence electrons. The molecule has 4 rings (SSSR count). The van der Waals surface area contributed by atoms with Crippen molar-refractivity contribution < 1.29 is 7.58 Å². The highest BCUT2D eigenvalue weighted by Crippen LogP contribution is 2.26. The molecule has 0 N–H and O–H groups in total. The number of pyridine rings is 2. The van der Waals surface area contributed by atoms with E-state index in [1.807, 2.05) is 62.4 Å². The molecule has 0 aliphatic rings. The summed E-state index contributed by atoms with van der Waals surface area (Å²) in [7, 11) is 0. The van der Waals surface area contributed by atoms with Crippen LogP contribution in [0.25, 0.3) is 21.8 Å². The van der Waals surface area contributed by atoms with Crippen LogP contribution in [0.1, 0.15) is 11.4 Å². The van der Waals surface area contributed by atoms with Gasteiger partial charge >= 0.3 is 15.9 Å². The Morgan fingerprint density at radius 2 is 1.12 bits per heavy atom. The standard InChI is InChI=1S/2C10H9NO.Al.H/c2*1-7-5-6-8-3-2-4-9(12)10(8)11-7;;/h2*2-6,12H,1H3;;/q;;+2;/p-2. The SMILES string of the molecule is Cc1ccc2cccc([O][AlH][O]c3cccc4ccc(C)nc34)c2n1. The maximum absolute atomic E-state index is 5.98. The van der Waals surface area contributed by atoms with Gasteiger partial charge in [-0.05, 0) is 38.1 Å².